The number of hydrogen-bond donors (Lipinski definition) is 2. The van der Waals surface area contributed by atoms with Crippen molar-refractivity contribution < 1.29 is 9.90 Å². The fraction of sp³-hybridized carbons (Fsp3) is 0.444. The molecule has 1 aromatic heterocycles. The van der Waals surface area contributed by atoms with Crippen molar-refractivity contribution in [3.63, 3.8) is 0 Å². The molecule has 6 nitrogen and oxygen atoms in total. The number of amides is 1. The molecule has 0 saturated carbocycles. The number of nitrogens with zero attached hydrogens (tertiary/aromatic N) is 2. The number of H-pyrrole nitrogens is 1. The molecule has 2 rings (SSSR count). The molecular weight excluding hydrogens is 198 g/mol. The summed E-state index contributed by atoms with van der Waals surface area (Å²) in [5, 5.41) is 9.27. The van der Waals surface area contributed by atoms with Gasteiger partial charge in [0.15, 0.2) is 0 Å². The van der Waals surface area contributed by atoms with Gasteiger partial charge in [0.25, 0.3) is 11.5 Å². The fourth-order valence-electron chi connectivity index (χ4n) is 1.59. The third-order valence-corrected chi connectivity index (χ3v) is 2.40. The average Bonchev–Trinajstić information content (AvgIpc) is 2.65. The van der Waals surface area contributed by atoms with Crippen LogP contribution in [0.4, 0.5) is 0 Å². The maximum atomic E-state index is 11.8. The van der Waals surface area contributed by atoms with E-state index in [1.54, 1.807) is 0 Å². The highest BCUT2D eigenvalue weighted by Gasteiger charge is 2.26. The van der Waals surface area contributed by atoms with E-state index in [2.05, 4.69) is 9.97 Å². The van der Waals surface area contributed by atoms with E-state index < -0.39 is 11.7 Å². The zero-order chi connectivity index (χ0) is 10.8. The third kappa shape index (κ3) is 1.89. The number of carbonyl (C=O) groups is 1. The van der Waals surface area contributed by atoms with Gasteiger partial charge in [-0.1, -0.05) is 0 Å². The summed E-state index contributed by atoms with van der Waals surface area (Å²) in [7, 11) is 0. The van der Waals surface area contributed by atoms with Crippen LogP contribution in [0.3, 0.4) is 0 Å². The lowest BCUT2D eigenvalue weighted by Gasteiger charge is -2.14. The van der Waals surface area contributed by atoms with Crippen molar-refractivity contribution in [2.75, 3.05) is 13.1 Å². The third-order valence-electron chi connectivity index (χ3n) is 2.40. The number of hydrogen-bond acceptors (Lipinski definition) is 4. The minimum absolute atomic E-state index is 0.0200. The monoisotopic (exact) mass is 209 g/mol. The number of aromatic nitrogens is 2. The van der Waals surface area contributed by atoms with Crippen molar-refractivity contribution >= 4 is 5.91 Å². The summed E-state index contributed by atoms with van der Waals surface area (Å²) in [5.41, 5.74) is -0.428. The molecule has 2 N–H and O–H groups in total. The number of likely N-dealkylation sites (tertiary alicyclic amines) is 1. The highest BCUT2D eigenvalue weighted by Crippen LogP contribution is 2.10. The van der Waals surface area contributed by atoms with Crippen molar-refractivity contribution in [1.29, 1.82) is 0 Å². The summed E-state index contributed by atoms with van der Waals surface area (Å²) in [6.07, 6.45) is 2.55. The van der Waals surface area contributed by atoms with Crippen LogP contribution >= 0.6 is 0 Å². The molecule has 0 aliphatic carbocycles. The lowest BCUT2D eigenvalue weighted by atomic mass is 10.3. The van der Waals surface area contributed by atoms with Gasteiger partial charge >= 0.3 is 0 Å². The van der Waals surface area contributed by atoms with Crippen LogP contribution in [0, 0.1) is 0 Å². The van der Waals surface area contributed by atoms with Gasteiger partial charge in [0, 0.05) is 19.3 Å². The van der Waals surface area contributed by atoms with Gasteiger partial charge in [-0.3, -0.25) is 9.59 Å². The van der Waals surface area contributed by atoms with E-state index in [4.69, 9.17) is 0 Å². The predicted molar refractivity (Wildman–Crippen MR) is 51.4 cm³/mol. The zero-order valence-electron chi connectivity index (χ0n) is 8.01. The molecule has 1 fully saturated rings. The molecular formula is C9H11N3O3. The summed E-state index contributed by atoms with van der Waals surface area (Å²) in [6, 6.07) is 0. The van der Waals surface area contributed by atoms with Crippen molar-refractivity contribution in [3.8, 4) is 0 Å². The van der Waals surface area contributed by atoms with Gasteiger partial charge in [0.1, 0.15) is 5.56 Å². The minimum atomic E-state index is -0.482. The molecule has 0 spiro atoms. The number of aliphatic hydroxyl groups excluding tert-OH is 1. The Balaban J connectivity index is 2.22. The van der Waals surface area contributed by atoms with E-state index in [0.717, 1.165) is 0 Å². The number of β-amino-alcohol motifs (C(OH)–C–C–N with tert-alkyl or cyclic N) is 1. The summed E-state index contributed by atoms with van der Waals surface area (Å²) >= 11 is 0. The molecule has 1 aromatic rings. The van der Waals surface area contributed by atoms with Crippen molar-refractivity contribution in [2.24, 2.45) is 0 Å². The van der Waals surface area contributed by atoms with E-state index >= 15 is 0 Å². The van der Waals surface area contributed by atoms with Gasteiger partial charge in [-0.2, -0.15) is 0 Å². The Bertz CT molecular complexity index is 429. The minimum Gasteiger partial charge on any atom is -0.391 e. The molecule has 1 amide bonds. The van der Waals surface area contributed by atoms with Gasteiger partial charge in [0.05, 0.1) is 12.4 Å². The van der Waals surface area contributed by atoms with Crippen LogP contribution in [0.25, 0.3) is 0 Å². The number of rotatable bonds is 1. The van der Waals surface area contributed by atoms with Crippen LogP contribution in [-0.2, 0) is 0 Å². The first-order chi connectivity index (χ1) is 7.18. The quantitative estimate of drug-likeness (QED) is 0.619. The highest BCUT2D eigenvalue weighted by atomic mass is 16.3. The predicted octanol–water partition coefficient (Wildman–Crippen LogP) is -1.02. The largest absolute Gasteiger partial charge is 0.391 e. The topological polar surface area (TPSA) is 86.3 Å². The fourth-order valence-corrected chi connectivity index (χ4v) is 1.59. The Hall–Kier alpha value is -1.69. The lowest BCUT2D eigenvalue weighted by Crippen LogP contribution is -2.33. The lowest BCUT2D eigenvalue weighted by molar-refractivity contribution is 0.0762. The molecule has 1 saturated heterocycles. The van der Waals surface area contributed by atoms with Crippen LogP contribution in [-0.4, -0.2) is 45.1 Å². The van der Waals surface area contributed by atoms with E-state index in [1.165, 1.54) is 17.4 Å². The number of carbonyl (C=O) groups excluding carboxylic acids is 1. The number of aliphatic hydroxyl groups is 1. The highest BCUT2D eigenvalue weighted by molar-refractivity contribution is 5.93. The molecule has 80 valence electrons. The van der Waals surface area contributed by atoms with E-state index in [1.807, 2.05) is 0 Å². The number of nitrogens with one attached hydrogen (secondary N) is 1. The first-order valence-electron chi connectivity index (χ1n) is 4.68. The second kappa shape index (κ2) is 3.82. The van der Waals surface area contributed by atoms with Crippen molar-refractivity contribution in [1.82, 2.24) is 14.9 Å². The zero-order valence-corrected chi connectivity index (χ0v) is 8.01. The van der Waals surface area contributed by atoms with Crippen LogP contribution in [0.1, 0.15) is 16.8 Å². The molecule has 0 radical (unpaired) electrons. The standard InChI is InChI=1S/C9H11N3O3/c13-6-1-2-12(4-6)9(15)7-3-10-5-11-8(7)14/h3,5-6,13H,1-2,4H2,(H,10,11,14). The van der Waals surface area contributed by atoms with E-state index in [9.17, 15) is 14.7 Å². The summed E-state index contributed by atoms with van der Waals surface area (Å²) in [4.78, 5) is 30.5. The Labute approximate surface area is 85.6 Å². The molecule has 1 atom stereocenters. The first kappa shape index (κ1) is 9.85. The van der Waals surface area contributed by atoms with Crippen LogP contribution in [0.5, 0.6) is 0 Å². The second-order valence-electron chi connectivity index (χ2n) is 3.49. The number of aromatic amines is 1. The molecule has 1 aliphatic heterocycles. The van der Waals surface area contributed by atoms with Gasteiger partial charge in [0.2, 0.25) is 0 Å². The molecule has 6 heteroatoms. The Morgan fingerprint density at radius 2 is 2.47 bits per heavy atom. The maximum Gasteiger partial charge on any atom is 0.263 e. The molecule has 0 bridgehead atoms. The Morgan fingerprint density at radius 3 is 3.07 bits per heavy atom. The van der Waals surface area contributed by atoms with E-state index in [0.29, 0.717) is 13.0 Å². The van der Waals surface area contributed by atoms with Crippen molar-refractivity contribution in [2.45, 2.75) is 12.5 Å². The summed E-state index contributed by atoms with van der Waals surface area (Å²) in [5.74, 6) is -0.374. The van der Waals surface area contributed by atoms with Crippen LogP contribution in [0.15, 0.2) is 17.3 Å². The smallest absolute Gasteiger partial charge is 0.263 e. The molecule has 15 heavy (non-hydrogen) atoms. The SMILES string of the molecule is O=C(c1cnc[nH]c1=O)N1CCC(O)C1. The summed E-state index contributed by atoms with van der Waals surface area (Å²) in [6.45, 7) is 0.765. The summed E-state index contributed by atoms with van der Waals surface area (Å²) < 4.78 is 0. The van der Waals surface area contributed by atoms with Gasteiger partial charge in [-0.15, -0.1) is 0 Å². The average molecular weight is 209 g/mol. The normalized spacial score (nSPS) is 20.6. The second-order valence-corrected chi connectivity index (χ2v) is 3.49. The Kier molecular flexibility index (Phi) is 2.51. The Morgan fingerprint density at radius 1 is 1.67 bits per heavy atom. The van der Waals surface area contributed by atoms with Gasteiger partial charge < -0.3 is 15.0 Å². The van der Waals surface area contributed by atoms with Crippen molar-refractivity contribution in [3.05, 3.63) is 28.4 Å². The molecule has 1 unspecified atom stereocenters. The molecule has 2 heterocycles. The van der Waals surface area contributed by atoms with E-state index in [-0.39, 0.29) is 18.0 Å². The van der Waals surface area contributed by atoms with Gasteiger partial charge in [-0.05, 0) is 6.42 Å². The first-order valence-corrected chi connectivity index (χ1v) is 4.68. The van der Waals surface area contributed by atoms with Crippen LogP contribution in [0.2, 0.25) is 0 Å². The molecule has 1 aliphatic rings. The molecule has 0 aromatic carbocycles. The van der Waals surface area contributed by atoms with Crippen LogP contribution < -0.4 is 5.56 Å². The van der Waals surface area contributed by atoms with Gasteiger partial charge in [-0.25, -0.2) is 4.98 Å². The maximum absolute atomic E-state index is 11.8.